The Balaban J connectivity index is 2.95. The van der Waals surface area contributed by atoms with Gasteiger partial charge in [0.2, 0.25) is 0 Å². The number of hydrogen-bond acceptors (Lipinski definition) is 3. The van der Waals surface area contributed by atoms with Crippen LogP contribution in [0.5, 0.6) is 11.5 Å². The quantitative estimate of drug-likeness (QED) is 0.712. The van der Waals surface area contributed by atoms with Gasteiger partial charge in [0.05, 0.1) is 12.5 Å². The zero-order valence-electron chi connectivity index (χ0n) is 7.57. The second-order valence-electron chi connectivity index (χ2n) is 2.89. The Hall–Kier alpha value is -1.97. The Morgan fingerprint density at radius 1 is 1.29 bits per heavy atom. The van der Waals surface area contributed by atoms with Crippen molar-refractivity contribution in [3.63, 3.8) is 0 Å². The van der Waals surface area contributed by atoms with Crippen LogP contribution in [0.15, 0.2) is 29.2 Å². The highest BCUT2D eigenvalue weighted by Crippen LogP contribution is 2.32. The van der Waals surface area contributed by atoms with E-state index in [4.69, 9.17) is 4.74 Å². The topological polar surface area (TPSA) is 62.3 Å². The molecule has 1 aromatic carbocycles. The molecule has 0 radical (unpaired) electrons. The van der Waals surface area contributed by atoms with E-state index in [1.165, 1.54) is 19.4 Å². The third-order valence-corrected chi connectivity index (χ3v) is 2.09. The molecule has 0 aliphatic rings. The van der Waals surface area contributed by atoms with E-state index in [0.29, 0.717) is 16.5 Å². The van der Waals surface area contributed by atoms with Crippen LogP contribution < -0.4 is 10.3 Å². The number of phenols is 1. The van der Waals surface area contributed by atoms with Crippen molar-refractivity contribution in [2.75, 3.05) is 7.11 Å². The molecule has 0 atom stereocenters. The maximum Gasteiger partial charge on any atom is 0.255 e. The van der Waals surface area contributed by atoms with Gasteiger partial charge in [-0.15, -0.1) is 0 Å². The summed E-state index contributed by atoms with van der Waals surface area (Å²) in [5.74, 6) is 0.360. The molecule has 2 rings (SSSR count). The zero-order chi connectivity index (χ0) is 10.1. The van der Waals surface area contributed by atoms with Gasteiger partial charge in [0, 0.05) is 11.6 Å². The van der Waals surface area contributed by atoms with Crippen LogP contribution in [0.2, 0.25) is 0 Å². The van der Waals surface area contributed by atoms with E-state index in [2.05, 4.69) is 4.98 Å². The number of methoxy groups -OCH3 is 1. The normalized spacial score (nSPS) is 10.4. The predicted molar refractivity (Wildman–Crippen MR) is 52.8 cm³/mol. The lowest BCUT2D eigenvalue weighted by atomic mass is 10.1. The molecule has 1 heterocycles. The van der Waals surface area contributed by atoms with Gasteiger partial charge in [-0.25, -0.2) is 0 Å². The lowest BCUT2D eigenvalue weighted by Crippen LogP contribution is -2.04. The van der Waals surface area contributed by atoms with Crippen LogP contribution in [-0.2, 0) is 0 Å². The number of aromatic amines is 1. The van der Waals surface area contributed by atoms with Crippen molar-refractivity contribution in [3.8, 4) is 11.5 Å². The zero-order valence-corrected chi connectivity index (χ0v) is 7.57. The number of benzene rings is 1. The van der Waals surface area contributed by atoms with Gasteiger partial charge in [-0.05, 0) is 18.2 Å². The molecular weight excluding hydrogens is 182 g/mol. The Labute approximate surface area is 79.8 Å². The molecule has 72 valence electrons. The number of hydrogen-bond donors (Lipinski definition) is 2. The SMILES string of the molecule is COc1c(O)ccc2c(=O)[nH]ccc12. The fourth-order valence-corrected chi connectivity index (χ4v) is 1.44. The van der Waals surface area contributed by atoms with Gasteiger partial charge in [0.1, 0.15) is 0 Å². The van der Waals surface area contributed by atoms with Crippen molar-refractivity contribution in [1.82, 2.24) is 4.98 Å². The van der Waals surface area contributed by atoms with E-state index >= 15 is 0 Å². The van der Waals surface area contributed by atoms with E-state index in [-0.39, 0.29) is 11.3 Å². The summed E-state index contributed by atoms with van der Waals surface area (Å²) in [6.07, 6.45) is 1.52. The van der Waals surface area contributed by atoms with Gasteiger partial charge in [0.25, 0.3) is 5.56 Å². The van der Waals surface area contributed by atoms with Crippen LogP contribution in [0, 0.1) is 0 Å². The van der Waals surface area contributed by atoms with Crippen molar-refractivity contribution in [1.29, 1.82) is 0 Å². The first-order valence-corrected chi connectivity index (χ1v) is 4.11. The molecule has 2 N–H and O–H groups in total. The first kappa shape index (κ1) is 8.62. The van der Waals surface area contributed by atoms with E-state index < -0.39 is 0 Å². The predicted octanol–water partition coefficient (Wildman–Crippen LogP) is 1.24. The molecule has 0 saturated heterocycles. The fourth-order valence-electron chi connectivity index (χ4n) is 1.44. The summed E-state index contributed by atoms with van der Waals surface area (Å²) >= 11 is 0. The number of aromatic hydroxyl groups is 1. The van der Waals surface area contributed by atoms with Crippen molar-refractivity contribution in [3.05, 3.63) is 34.7 Å². The first-order chi connectivity index (χ1) is 6.74. The monoisotopic (exact) mass is 191 g/mol. The van der Waals surface area contributed by atoms with E-state index in [0.717, 1.165) is 0 Å². The standard InChI is InChI=1S/C10H9NO3/c1-14-9-6-4-5-11-10(13)7(6)2-3-8(9)12/h2-5,12H,1H3,(H,11,13). The molecule has 0 amide bonds. The average Bonchev–Trinajstić information content (AvgIpc) is 2.18. The van der Waals surface area contributed by atoms with Gasteiger partial charge >= 0.3 is 0 Å². The minimum Gasteiger partial charge on any atom is -0.504 e. The van der Waals surface area contributed by atoms with Crippen LogP contribution in [-0.4, -0.2) is 17.2 Å². The summed E-state index contributed by atoms with van der Waals surface area (Å²) in [4.78, 5) is 13.9. The second-order valence-corrected chi connectivity index (χ2v) is 2.89. The smallest absolute Gasteiger partial charge is 0.255 e. The summed E-state index contributed by atoms with van der Waals surface area (Å²) in [7, 11) is 1.45. The number of fused-ring (bicyclic) bond motifs is 1. The Bertz CT molecular complexity index is 530. The molecule has 0 aliphatic heterocycles. The Kier molecular flexibility index (Phi) is 1.89. The summed E-state index contributed by atoms with van der Waals surface area (Å²) in [6, 6.07) is 4.69. The number of ether oxygens (including phenoxy) is 1. The number of aromatic nitrogens is 1. The fraction of sp³-hybridized carbons (Fsp3) is 0.100. The summed E-state index contributed by atoms with van der Waals surface area (Å²) in [5, 5.41) is 10.6. The van der Waals surface area contributed by atoms with E-state index in [1.807, 2.05) is 0 Å². The van der Waals surface area contributed by atoms with Crippen LogP contribution in [0.1, 0.15) is 0 Å². The molecular formula is C10H9NO3. The van der Waals surface area contributed by atoms with Gasteiger partial charge in [-0.1, -0.05) is 0 Å². The summed E-state index contributed by atoms with van der Waals surface area (Å²) < 4.78 is 5.01. The molecule has 14 heavy (non-hydrogen) atoms. The molecule has 4 nitrogen and oxygen atoms in total. The number of pyridine rings is 1. The lowest BCUT2D eigenvalue weighted by molar-refractivity contribution is 0.378. The molecule has 0 spiro atoms. The highest BCUT2D eigenvalue weighted by molar-refractivity contribution is 5.89. The molecule has 2 aromatic rings. The van der Waals surface area contributed by atoms with Crippen molar-refractivity contribution in [2.24, 2.45) is 0 Å². The molecule has 1 aromatic heterocycles. The van der Waals surface area contributed by atoms with E-state index in [9.17, 15) is 9.90 Å². The third kappa shape index (κ3) is 1.12. The van der Waals surface area contributed by atoms with Crippen LogP contribution in [0.3, 0.4) is 0 Å². The molecule has 0 unspecified atom stereocenters. The number of nitrogens with one attached hydrogen (secondary N) is 1. The summed E-state index contributed by atoms with van der Waals surface area (Å²) in [6.45, 7) is 0. The molecule has 0 bridgehead atoms. The van der Waals surface area contributed by atoms with E-state index in [1.54, 1.807) is 12.1 Å². The Morgan fingerprint density at radius 3 is 2.79 bits per heavy atom. The lowest BCUT2D eigenvalue weighted by Gasteiger charge is -2.06. The van der Waals surface area contributed by atoms with Crippen LogP contribution in [0.4, 0.5) is 0 Å². The molecule has 0 fully saturated rings. The average molecular weight is 191 g/mol. The van der Waals surface area contributed by atoms with Crippen molar-refractivity contribution in [2.45, 2.75) is 0 Å². The second kappa shape index (κ2) is 3.06. The maximum atomic E-state index is 11.4. The minimum atomic E-state index is -0.194. The molecule has 0 aliphatic carbocycles. The molecule has 0 saturated carbocycles. The maximum absolute atomic E-state index is 11.4. The van der Waals surface area contributed by atoms with Gasteiger partial charge in [0.15, 0.2) is 11.5 Å². The van der Waals surface area contributed by atoms with Crippen LogP contribution >= 0.6 is 0 Å². The summed E-state index contributed by atoms with van der Waals surface area (Å²) in [5.41, 5.74) is -0.194. The molecule has 4 heteroatoms. The van der Waals surface area contributed by atoms with Gasteiger partial charge in [-0.2, -0.15) is 0 Å². The highest BCUT2D eigenvalue weighted by Gasteiger charge is 2.08. The third-order valence-electron chi connectivity index (χ3n) is 2.09. The number of rotatable bonds is 1. The van der Waals surface area contributed by atoms with Gasteiger partial charge < -0.3 is 14.8 Å². The van der Waals surface area contributed by atoms with Gasteiger partial charge in [-0.3, -0.25) is 4.79 Å². The number of phenolic OH excluding ortho intramolecular Hbond substituents is 1. The Morgan fingerprint density at radius 2 is 2.07 bits per heavy atom. The minimum absolute atomic E-state index is 0.0330. The van der Waals surface area contributed by atoms with Crippen LogP contribution in [0.25, 0.3) is 10.8 Å². The largest absolute Gasteiger partial charge is 0.504 e. The number of H-pyrrole nitrogens is 1. The highest BCUT2D eigenvalue weighted by atomic mass is 16.5. The van der Waals surface area contributed by atoms with Crippen molar-refractivity contribution < 1.29 is 9.84 Å². The van der Waals surface area contributed by atoms with Crippen molar-refractivity contribution >= 4 is 10.8 Å². The first-order valence-electron chi connectivity index (χ1n) is 4.11.